The minimum Gasteiger partial charge on any atom is -0.462 e. The second-order valence-corrected chi connectivity index (χ2v) is 18.9. The molecule has 0 rings (SSSR count). The molecule has 0 aromatic carbocycles. The Bertz CT molecular complexity index is 962. The average molecular weight is 875 g/mol. The largest absolute Gasteiger partial charge is 0.462 e. The Morgan fingerprint density at radius 3 is 0.806 bits per heavy atom. The van der Waals surface area contributed by atoms with E-state index in [1.165, 1.54) is 205 Å². The smallest absolute Gasteiger partial charge is 0.306 e. The summed E-state index contributed by atoms with van der Waals surface area (Å²) in [6, 6.07) is 0. The maximum Gasteiger partial charge on any atom is 0.306 e. The molecule has 0 amide bonds. The van der Waals surface area contributed by atoms with Gasteiger partial charge in [-0.2, -0.15) is 0 Å². The lowest BCUT2D eigenvalue weighted by molar-refractivity contribution is -0.167. The third kappa shape index (κ3) is 49.2. The summed E-state index contributed by atoms with van der Waals surface area (Å²) < 4.78 is 16.7. The van der Waals surface area contributed by atoms with Gasteiger partial charge in [-0.1, -0.05) is 258 Å². The minimum atomic E-state index is -0.766. The molecule has 0 aromatic rings. The molecule has 0 N–H and O–H groups in total. The zero-order valence-electron chi connectivity index (χ0n) is 41.9. The highest BCUT2D eigenvalue weighted by Gasteiger charge is 2.19. The van der Waals surface area contributed by atoms with E-state index in [9.17, 15) is 14.4 Å². The Labute approximate surface area is 386 Å². The summed E-state index contributed by atoms with van der Waals surface area (Å²) in [4.78, 5) is 37.8. The molecule has 0 aliphatic rings. The van der Waals surface area contributed by atoms with E-state index < -0.39 is 6.10 Å². The fourth-order valence-corrected chi connectivity index (χ4v) is 8.32. The summed E-state index contributed by atoms with van der Waals surface area (Å²) >= 11 is 0. The molecule has 0 aliphatic carbocycles. The number of esters is 3. The molecule has 6 heteroatoms. The van der Waals surface area contributed by atoms with Gasteiger partial charge in [-0.15, -0.1) is 0 Å². The average Bonchev–Trinajstić information content (AvgIpc) is 3.27. The zero-order chi connectivity index (χ0) is 45.1. The van der Waals surface area contributed by atoms with Gasteiger partial charge in [0.15, 0.2) is 6.10 Å². The van der Waals surface area contributed by atoms with Gasteiger partial charge in [0.2, 0.25) is 0 Å². The fourth-order valence-electron chi connectivity index (χ4n) is 8.32. The Kier molecular flexibility index (Phi) is 50.2. The lowest BCUT2D eigenvalue weighted by atomic mass is 10.0. The van der Waals surface area contributed by atoms with Crippen LogP contribution in [0.4, 0.5) is 0 Å². The Balaban J connectivity index is 4.10. The van der Waals surface area contributed by atoms with Crippen molar-refractivity contribution >= 4 is 17.9 Å². The topological polar surface area (TPSA) is 78.9 Å². The van der Waals surface area contributed by atoms with E-state index in [-0.39, 0.29) is 31.1 Å². The van der Waals surface area contributed by atoms with Crippen LogP contribution in [0, 0.1) is 0 Å². The Morgan fingerprint density at radius 2 is 0.532 bits per heavy atom. The molecule has 0 aliphatic heterocycles. The molecule has 0 radical (unpaired) electrons. The first-order valence-corrected chi connectivity index (χ1v) is 27.7. The summed E-state index contributed by atoms with van der Waals surface area (Å²) in [6.07, 6.45) is 58.1. The monoisotopic (exact) mass is 875 g/mol. The van der Waals surface area contributed by atoms with Crippen LogP contribution in [-0.4, -0.2) is 37.2 Å². The molecule has 366 valence electrons. The molecule has 0 fully saturated rings. The minimum absolute atomic E-state index is 0.0688. The van der Waals surface area contributed by atoms with Crippen molar-refractivity contribution < 1.29 is 28.6 Å². The van der Waals surface area contributed by atoms with Crippen LogP contribution >= 0.6 is 0 Å². The Hall–Kier alpha value is -1.85. The molecule has 0 bridgehead atoms. The van der Waals surface area contributed by atoms with Crippen LogP contribution in [0.25, 0.3) is 0 Å². The highest BCUT2D eigenvalue weighted by Crippen LogP contribution is 2.17. The number of ether oxygens (including phenoxy) is 3. The van der Waals surface area contributed by atoms with Crippen LogP contribution < -0.4 is 0 Å². The molecule has 0 saturated heterocycles. The van der Waals surface area contributed by atoms with Crippen molar-refractivity contribution in [1.29, 1.82) is 0 Å². The molecule has 0 spiro atoms. The molecule has 0 heterocycles. The third-order valence-electron chi connectivity index (χ3n) is 12.5. The van der Waals surface area contributed by atoms with Crippen LogP contribution in [-0.2, 0) is 28.6 Å². The summed E-state index contributed by atoms with van der Waals surface area (Å²) in [5, 5.41) is 0. The lowest BCUT2D eigenvalue weighted by Gasteiger charge is -2.18. The number of hydrogen-bond donors (Lipinski definition) is 0. The van der Waals surface area contributed by atoms with E-state index in [4.69, 9.17) is 14.2 Å². The van der Waals surface area contributed by atoms with Crippen molar-refractivity contribution in [3.8, 4) is 0 Å². The van der Waals surface area contributed by atoms with E-state index in [0.29, 0.717) is 19.3 Å². The fraction of sp³-hybridized carbons (Fsp3) is 0.911. The predicted octanol–water partition coefficient (Wildman–Crippen LogP) is 18.2. The third-order valence-corrected chi connectivity index (χ3v) is 12.5. The summed E-state index contributed by atoms with van der Waals surface area (Å²) in [5.41, 5.74) is 0. The van der Waals surface area contributed by atoms with Gasteiger partial charge in [0.1, 0.15) is 13.2 Å². The quantitative estimate of drug-likeness (QED) is 0.0262. The summed E-state index contributed by atoms with van der Waals surface area (Å²) in [5.74, 6) is -0.869. The van der Waals surface area contributed by atoms with Crippen molar-refractivity contribution in [2.45, 2.75) is 316 Å². The van der Waals surface area contributed by atoms with Crippen molar-refractivity contribution in [3.05, 3.63) is 12.2 Å². The van der Waals surface area contributed by atoms with Crippen molar-refractivity contribution in [3.63, 3.8) is 0 Å². The summed E-state index contributed by atoms with van der Waals surface area (Å²) in [7, 11) is 0. The van der Waals surface area contributed by atoms with Crippen LogP contribution in [0.3, 0.4) is 0 Å². The number of allylic oxidation sites excluding steroid dienone is 2. The van der Waals surface area contributed by atoms with E-state index in [2.05, 4.69) is 32.9 Å². The second-order valence-electron chi connectivity index (χ2n) is 18.9. The van der Waals surface area contributed by atoms with Gasteiger partial charge < -0.3 is 14.2 Å². The molecule has 6 nitrogen and oxygen atoms in total. The number of hydrogen-bond acceptors (Lipinski definition) is 6. The molecular weight excluding hydrogens is 769 g/mol. The first-order chi connectivity index (χ1) is 30.5. The molecule has 1 atom stereocenters. The maximum absolute atomic E-state index is 12.8. The van der Waals surface area contributed by atoms with Crippen molar-refractivity contribution in [2.24, 2.45) is 0 Å². The van der Waals surface area contributed by atoms with Crippen LogP contribution in [0.5, 0.6) is 0 Å². The van der Waals surface area contributed by atoms with Crippen LogP contribution in [0.2, 0.25) is 0 Å². The number of carbonyl (C=O) groups excluding carboxylic acids is 3. The second kappa shape index (κ2) is 51.8. The lowest BCUT2D eigenvalue weighted by Crippen LogP contribution is -2.30. The van der Waals surface area contributed by atoms with Gasteiger partial charge in [-0.05, 0) is 44.9 Å². The van der Waals surface area contributed by atoms with Gasteiger partial charge >= 0.3 is 17.9 Å². The maximum atomic E-state index is 12.8. The molecule has 0 aromatic heterocycles. The molecular formula is C56H106O6. The Morgan fingerprint density at radius 1 is 0.306 bits per heavy atom. The van der Waals surface area contributed by atoms with E-state index >= 15 is 0 Å². The standard InChI is InChI=1S/C56H106O6/c1-4-7-10-13-16-18-20-22-24-26-27-28-29-30-31-33-34-36-38-40-43-46-49-55(58)61-52-53(51-60-54(57)48-45-42-15-12-9-6-3)62-56(59)50-47-44-41-39-37-35-32-25-23-21-19-17-14-11-8-5-2/h25,32,53H,4-24,26-31,33-52H2,1-3H3/b32-25-. The predicted molar refractivity (Wildman–Crippen MR) is 266 cm³/mol. The SMILES string of the molecule is CCCCCCCCC/C=C\CCCCCCCC(=O)OC(COC(=O)CCCCCCCC)COC(=O)CCCCCCCCCCCCCCCCCCCCCCCC. The van der Waals surface area contributed by atoms with E-state index in [0.717, 1.165) is 64.2 Å². The first-order valence-electron chi connectivity index (χ1n) is 27.7. The van der Waals surface area contributed by atoms with Gasteiger partial charge in [-0.3, -0.25) is 14.4 Å². The number of carbonyl (C=O) groups is 3. The van der Waals surface area contributed by atoms with Crippen molar-refractivity contribution in [1.82, 2.24) is 0 Å². The van der Waals surface area contributed by atoms with E-state index in [1.807, 2.05) is 0 Å². The van der Waals surface area contributed by atoms with Crippen LogP contribution in [0.15, 0.2) is 12.2 Å². The zero-order valence-corrected chi connectivity index (χ0v) is 41.9. The van der Waals surface area contributed by atoms with Crippen LogP contribution in [0.1, 0.15) is 310 Å². The number of unbranched alkanes of at least 4 members (excludes halogenated alkanes) is 38. The highest BCUT2D eigenvalue weighted by atomic mass is 16.6. The van der Waals surface area contributed by atoms with Crippen molar-refractivity contribution in [2.75, 3.05) is 13.2 Å². The van der Waals surface area contributed by atoms with Gasteiger partial charge in [0.05, 0.1) is 0 Å². The van der Waals surface area contributed by atoms with Gasteiger partial charge in [-0.25, -0.2) is 0 Å². The van der Waals surface area contributed by atoms with Gasteiger partial charge in [0, 0.05) is 19.3 Å². The molecule has 1 unspecified atom stereocenters. The highest BCUT2D eigenvalue weighted by molar-refractivity contribution is 5.71. The normalized spacial score (nSPS) is 12.0. The molecule has 0 saturated carbocycles. The number of rotatable bonds is 51. The van der Waals surface area contributed by atoms with Gasteiger partial charge in [0.25, 0.3) is 0 Å². The summed E-state index contributed by atoms with van der Waals surface area (Å²) in [6.45, 7) is 6.62. The first kappa shape index (κ1) is 60.2. The molecule has 62 heavy (non-hydrogen) atoms. The van der Waals surface area contributed by atoms with E-state index in [1.54, 1.807) is 0 Å².